The molecule has 2 aliphatic rings. The quantitative estimate of drug-likeness (QED) is 0.486. The Morgan fingerprint density at radius 2 is 1.85 bits per heavy atom. The molecule has 0 atom stereocenters. The summed E-state index contributed by atoms with van der Waals surface area (Å²) in [7, 11) is 3.45. The van der Waals surface area contributed by atoms with Crippen LogP contribution in [0, 0.1) is 5.41 Å². The number of aromatic nitrogens is 4. The molecule has 0 N–H and O–H groups in total. The maximum absolute atomic E-state index is 12.6. The summed E-state index contributed by atoms with van der Waals surface area (Å²) in [5.74, 6) is 0.682. The molecule has 1 aromatic carbocycles. The van der Waals surface area contributed by atoms with Gasteiger partial charge in [0.25, 0.3) is 5.91 Å². The molecule has 1 spiro atoms. The second-order valence-corrected chi connectivity index (χ2v) is 9.11. The van der Waals surface area contributed by atoms with Gasteiger partial charge in [-0.05, 0) is 29.8 Å². The van der Waals surface area contributed by atoms with Crippen LogP contribution in [0.1, 0.15) is 10.4 Å². The minimum atomic E-state index is 0.0688. The van der Waals surface area contributed by atoms with Gasteiger partial charge in [0, 0.05) is 68.1 Å². The largest absolute Gasteiger partial charge is 0.481 e. The van der Waals surface area contributed by atoms with E-state index >= 15 is 0 Å². The first-order valence-electron chi connectivity index (χ1n) is 11.0. The van der Waals surface area contributed by atoms with E-state index in [4.69, 9.17) is 4.74 Å². The monoisotopic (exact) mass is 440 g/mol. The van der Waals surface area contributed by atoms with Gasteiger partial charge in [0.2, 0.25) is 5.88 Å². The van der Waals surface area contributed by atoms with Crippen LogP contribution in [-0.2, 0) is 7.05 Å². The van der Waals surface area contributed by atoms with E-state index in [-0.39, 0.29) is 11.3 Å². The van der Waals surface area contributed by atoms with Crippen LogP contribution in [0.15, 0.2) is 61.2 Å². The van der Waals surface area contributed by atoms with Crippen molar-refractivity contribution < 1.29 is 9.53 Å². The molecular formula is C25H24N6O2. The number of carbonyl (C=O) groups is 1. The molecule has 0 bridgehead atoms. The van der Waals surface area contributed by atoms with E-state index < -0.39 is 0 Å². The van der Waals surface area contributed by atoms with Gasteiger partial charge in [-0.2, -0.15) is 5.10 Å². The molecule has 8 nitrogen and oxygen atoms in total. The van der Waals surface area contributed by atoms with Crippen LogP contribution < -0.4 is 9.64 Å². The molecule has 33 heavy (non-hydrogen) atoms. The molecule has 4 aromatic rings. The Morgan fingerprint density at radius 1 is 1.00 bits per heavy atom. The number of amides is 1. The van der Waals surface area contributed by atoms with E-state index in [2.05, 4.69) is 38.2 Å². The molecule has 2 saturated heterocycles. The Labute approximate surface area is 191 Å². The van der Waals surface area contributed by atoms with Crippen LogP contribution in [0.25, 0.3) is 22.0 Å². The Hall–Kier alpha value is -3.94. The first-order chi connectivity index (χ1) is 16.0. The van der Waals surface area contributed by atoms with E-state index in [0.29, 0.717) is 11.4 Å². The fraction of sp³-hybridized carbons (Fsp3) is 0.280. The summed E-state index contributed by atoms with van der Waals surface area (Å²) in [6.45, 7) is 3.48. The van der Waals surface area contributed by atoms with E-state index in [1.165, 1.54) is 0 Å². The summed E-state index contributed by atoms with van der Waals surface area (Å²) in [6, 6.07) is 12.3. The average molecular weight is 441 g/mol. The molecule has 0 aliphatic carbocycles. The second-order valence-electron chi connectivity index (χ2n) is 9.11. The van der Waals surface area contributed by atoms with Crippen LogP contribution >= 0.6 is 0 Å². The third-order valence-corrected chi connectivity index (χ3v) is 6.64. The highest BCUT2D eigenvalue weighted by Gasteiger charge is 2.53. The predicted octanol–water partition coefficient (Wildman–Crippen LogP) is 3.00. The Balaban J connectivity index is 1.14. The summed E-state index contributed by atoms with van der Waals surface area (Å²) in [4.78, 5) is 25.8. The number of fused-ring (bicyclic) bond motifs is 1. The molecule has 5 heterocycles. The van der Waals surface area contributed by atoms with Crippen molar-refractivity contribution in [2.75, 3.05) is 38.2 Å². The zero-order valence-electron chi connectivity index (χ0n) is 18.6. The van der Waals surface area contributed by atoms with Gasteiger partial charge < -0.3 is 14.5 Å². The number of methoxy groups -OCH3 is 1. The number of rotatable bonds is 4. The summed E-state index contributed by atoms with van der Waals surface area (Å²) >= 11 is 0. The standard InChI is InChI=1S/C25H24N6O2/c1-29-12-20(10-27-29)24(32)31-15-25(16-31)13-30(14-25)21-8-19(9-26-11-21)17-3-5-22-18(7-17)4-6-23(28-22)33-2/h3-12H,13-16H2,1-2H3. The van der Waals surface area contributed by atoms with Crippen LogP contribution in [0.3, 0.4) is 0 Å². The number of carbonyl (C=O) groups excluding carboxylic acids is 1. The highest BCUT2D eigenvalue weighted by atomic mass is 16.5. The van der Waals surface area contributed by atoms with Crippen molar-refractivity contribution in [2.24, 2.45) is 12.5 Å². The lowest BCUT2D eigenvalue weighted by Crippen LogP contribution is -2.73. The highest BCUT2D eigenvalue weighted by Crippen LogP contribution is 2.42. The fourth-order valence-electron chi connectivity index (χ4n) is 4.93. The van der Waals surface area contributed by atoms with Crippen LogP contribution in [0.4, 0.5) is 5.69 Å². The number of likely N-dealkylation sites (tertiary alicyclic amines) is 1. The fourth-order valence-corrected chi connectivity index (χ4v) is 4.93. The number of hydrogen-bond acceptors (Lipinski definition) is 6. The van der Waals surface area contributed by atoms with Gasteiger partial charge in [-0.15, -0.1) is 0 Å². The molecule has 2 aliphatic heterocycles. The lowest BCUT2D eigenvalue weighted by molar-refractivity contribution is -0.0105. The molecule has 6 rings (SSSR count). The lowest BCUT2D eigenvalue weighted by atomic mass is 9.72. The van der Waals surface area contributed by atoms with Crippen LogP contribution in [-0.4, -0.2) is 63.8 Å². The molecule has 0 saturated carbocycles. The molecular weight excluding hydrogens is 416 g/mol. The highest BCUT2D eigenvalue weighted by molar-refractivity contribution is 5.94. The minimum Gasteiger partial charge on any atom is -0.481 e. The minimum absolute atomic E-state index is 0.0688. The van der Waals surface area contributed by atoms with E-state index in [1.807, 2.05) is 42.5 Å². The maximum Gasteiger partial charge on any atom is 0.257 e. The van der Waals surface area contributed by atoms with Crippen molar-refractivity contribution in [1.29, 1.82) is 0 Å². The number of nitrogens with zero attached hydrogens (tertiary/aromatic N) is 6. The van der Waals surface area contributed by atoms with Crippen molar-refractivity contribution in [3.63, 3.8) is 0 Å². The summed E-state index contributed by atoms with van der Waals surface area (Å²) in [5, 5.41) is 5.17. The third kappa shape index (κ3) is 3.38. The number of anilines is 1. The SMILES string of the molecule is COc1ccc2cc(-c3cncc(N4CC5(CN(C(=O)c6cnn(C)c6)C5)C4)c3)ccc2n1. The Kier molecular flexibility index (Phi) is 4.36. The third-order valence-electron chi connectivity index (χ3n) is 6.64. The summed E-state index contributed by atoms with van der Waals surface area (Å²) in [5.41, 5.74) is 5.06. The Morgan fingerprint density at radius 3 is 2.61 bits per heavy atom. The Bertz CT molecular complexity index is 1370. The van der Waals surface area contributed by atoms with Gasteiger partial charge in [0.15, 0.2) is 0 Å². The van der Waals surface area contributed by atoms with E-state index in [1.54, 1.807) is 24.2 Å². The number of benzene rings is 1. The van der Waals surface area contributed by atoms with Gasteiger partial charge in [-0.3, -0.25) is 14.5 Å². The van der Waals surface area contributed by atoms with Crippen molar-refractivity contribution >= 4 is 22.5 Å². The molecule has 8 heteroatoms. The molecule has 0 unspecified atom stereocenters. The number of ether oxygens (including phenoxy) is 1. The van der Waals surface area contributed by atoms with E-state index in [0.717, 1.165) is 53.9 Å². The van der Waals surface area contributed by atoms with Gasteiger partial charge in [0.1, 0.15) is 0 Å². The smallest absolute Gasteiger partial charge is 0.257 e. The average Bonchev–Trinajstić information content (AvgIpc) is 3.23. The first kappa shape index (κ1) is 19.7. The van der Waals surface area contributed by atoms with Gasteiger partial charge in [0.05, 0.1) is 36.3 Å². The van der Waals surface area contributed by atoms with Gasteiger partial charge >= 0.3 is 0 Å². The molecule has 1 amide bonds. The predicted molar refractivity (Wildman–Crippen MR) is 125 cm³/mol. The zero-order valence-corrected chi connectivity index (χ0v) is 18.6. The van der Waals surface area contributed by atoms with Crippen molar-refractivity contribution in [1.82, 2.24) is 24.6 Å². The van der Waals surface area contributed by atoms with Crippen molar-refractivity contribution in [3.8, 4) is 17.0 Å². The topological polar surface area (TPSA) is 76.4 Å². The zero-order chi connectivity index (χ0) is 22.6. The first-order valence-corrected chi connectivity index (χ1v) is 11.0. The van der Waals surface area contributed by atoms with Gasteiger partial charge in [-0.1, -0.05) is 6.07 Å². The molecule has 0 radical (unpaired) electrons. The maximum atomic E-state index is 12.6. The summed E-state index contributed by atoms with van der Waals surface area (Å²) in [6.07, 6.45) is 7.23. The number of hydrogen-bond donors (Lipinski definition) is 0. The van der Waals surface area contributed by atoms with Crippen LogP contribution in [0.2, 0.25) is 0 Å². The van der Waals surface area contributed by atoms with Crippen LogP contribution in [0.5, 0.6) is 5.88 Å². The molecule has 166 valence electrons. The second kappa shape index (κ2) is 7.30. The summed E-state index contributed by atoms with van der Waals surface area (Å²) < 4.78 is 6.88. The van der Waals surface area contributed by atoms with Gasteiger partial charge in [-0.25, -0.2) is 4.98 Å². The molecule has 2 fully saturated rings. The van der Waals surface area contributed by atoms with Crippen molar-refractivity contribution in [2.45, 2.75) is 0 Å². The number of pyridine rings is 2. The lowest BCUT2D eigenvalue weighted by Gasteiger charge is -2.60. The number of aryl methyl sites for hydroxylation is 1. The normalized spacial score (nSPS) is 16.5. The van der Waals surface area contributed by atoms with E-state index in [9.17, 15) is 4.79 Å². The van der Waals surface area contributed by atoms with Crippen molar-refractivity contribution in [3.05, 3.63) is 66.7 Å². The molecule has 3 aromatic heterocycles.